The lowest BCUT2D eigenvalue weighted by atomic mass is 9.86. The van der Waals surface area contributed by atoms with Crippen molar-refractivity contribution >= 4 is 34.4 Å². The summed E-state index contributed by atoms with van der Waals surface area (Å²) in [6, 6.07) is 26.6. The lowest BCUT2D eigenvalue weighted by Gasteiger charge is -2.46. The molecule has 1 saturated heterocycles. The maximum Gasteiger partial charge on any atom is 0.329 e. The predicted molar refractivity (Wildman–Crippen MR) is 129 cm³/mol. The van der Waals surface area contributed by atoms with Crippen LogP contribution in [0.15, 0.2) is 95.6 Å². The Hall–Kier alpha value is -3.51. The van der Waals surface area contributed by atoms with Crippen LogP contribution in [-0.4, -0.2) is 29.6 Å². The quantitative estimate of drug-likeness (QED) is 0.380. The highest BCUT2D eigenvalue weighted by Crippen LogP contribution is 2.54. The lowest BCUT2D eigenvalue weighted by molar-refractivity contribution is -0.149. The molecule has 0 saturated carbocycles. The number of carbonyl (C=O) groups excluding carboxylic acids is 2. The zero-order valence-electron chi connectivity index (χ0n) is 18.1. The van der Waals surface area contributed by atoms with Gasteiger partial charge in [-0.15, -0.1) is 11.8 Å². The molecule has 166 valence electrons. The Labute approximate surface area is 196 Å². The zero-order valence-corrected chi connectivity index (χ0v) is 19.0. The first-order valence-electron chi connectivity index (χ1n) is 10.7. The van der Waals surface area contributed by atoms with E-state index >= 15 is 0 Å². The van der Waals surface area contributed by atoms with Crippen LogP contribution in [0.25, 0.3) is 10.8 Å². The standard InChI is InChI=1S/C27H23NO4S/c1-31-26(30)27(21-12-3-2-4-13-21)25(23-15-8-16-32-23)28(24(29)18-33-27)17-20-11-7-10-19-9-5-6-14-22(19)20/h2-16,25H,17-18H2,1H3/t25-,27-/m0/s1. The largest absolute Gasteiger partial charge is 0.468 e. The Morgan fingerprint density at radius 3 is 2.55 bits per heavy atom. The van der Waals surface area contributed by atoms with Crippen molar-refractivity contribution < 1.29 is 18.7 Å². The normalized spacial score (nSPS) is 20.7. The Morgan fingerprint density at radius 1 is 1.03 bits per heavy atom. The van der Waals surface area contributed by atoms with Crippen LogP contribution >= 0.6 is 11.8 Å². The Morgan fingerprint density at radius 2 is 1.79 bits per heavy atom. The molecule has 1 aliphatic heterocycles. The summed E-state index contributed by atoms with van der Waals surface area (Å²) >= 11 is 1.30. The lowest BCUT2D eigenvalue weighted by Crippen LogP contribution is -2.54. The third kappa shape index (κ3) is 3.60. The van der Waals surface area contributed by atoms with Crippen molar-refractivity contribution in [3.05, 3.63) is 108 Å². The van der Waals surface area contributed by atoms with Gasteiger partial charge in [-0.3, -0.25) is 9.59 Å². The SMILES string of the molecule is COC(=O)[C@@]1(c2ccccc2)SCC(=O)N(Cc2cccc3ccccc23)[C@H]1c1ccco1. The molecule has 6 heteroatoms. The van der Waals surface area contributed by atoms with Crippen LogP contribution in [0.4, 0.5) is 0 Å². The third-order valence-electron chi connectivity index (χ3n) is 6.16. The minimum atomic E-state index is -1.16. The van der Waals surface area contributed by atoms with Gasteiger partial charge in [-0.25, -0.2) is 0 Å². The first-order valence-corrected chi connectivity index (χ1v) is 11.7. The van der Waals surface area contributed by atoms with Gasteiger partial charge in [-0.2, -0.15) is 0 Å². The number of rotatable bonds is 5. The summed E-state index contributed by atoms with van der Waals surface area (Å²) in [5.41, 5.74) is 1.79. The van der Waals surface area contributed by atoms with Gasteiger partial charge in [0, 0.05) is 6.54 Å². The summed E-state index contributed by atoms with van der Waals surface area (Å²) < 4.78 is 10.0. The van der Waals surface area contributed by atoms with E-state index in [1.165, 1.54) is 18.9 Å². The number of furan rings is 1. The van der Waals surface area contributed by atoms with Gasteiger partial charge in [0.25, 0.3) is 0 Å². The first kappa shape index (κ1) is 21.3. The van der Waals surface area contributed by atoms with E-state index < -0.39 is 16.8 Å². The molecule has 3 aromatic carbocycles. The highest BCUT2D eigenvalue weighted by atomic mass is 32.2. The Balaban J connectivity index is 1.69. The summed E-state index contributed by atoms with van der Waals surface area (Å²) in [7, 11) is 1.39. The summed E-state index contributed by atoms with van der Waals surface area (Å²) in [5.74, 6) is 0.247. The minimum absolute atomic E-state index is 0.0511. The molecule has 0 radical (unpaired) electrons. The second-order valence-corrected chi connectivity index (χ2v) is 9.18. The van der Waals surface area contributed by atoms with Crippen molar-refractivity contribution in [2.75, 3.05) is 12.9 Å². The number of methoxy groups -OCH3 is 1. The number of carbonyl (C=O) groups is 2. The molecule has 0 bridgehead atoms. The number of ether oxygens (including phenoxy) is 1. The van der Waals surface area contributed by atoms with Crippen molar-refractivity contribution in [1.82, 2.24) is 4.90 Å². The van der Waals surface area contributed by atoms with Gasteiger partial charge in [-0.05, 0) is 34.0 Å². The monoisotopic (exact) mass is 457 g/mol. The van der Waals surface area contributed by atoms with Gasteiger partial charge in [0.2, 0.25) is 5.91 Å². The van der Waals surface area contributed by atoms with Crippen LogP contribution in [0, 0.1) is 0 Å². The van der Waals surface area contributed by atoms with E-state index in [4.69, 9.17) is 9.15 Å². The van der Waals surface area contributed by atoms with Crippen molar-refractivity contribution in [2.45, 2.75) is 17.3 Å². The summed E-state index contributed by atoms with van der Waals surface area (Å²) in [6.45, 7) is 0.345. The van der Waals surface area contributed by atoms with Gasteiger partial charge in [0.05, 0.1) is 19.1 Å². The average Bonchev–Trinajstić information content (AvgIpc) is 3.40. The maximum atomic E-state index is 13.5. The number of nitrogens with zero attached hydrogens (tertiary/aromatic N) is 1. The number of amides is 1. The average molecular weight is 458 g/mol. The fraction of sp³-hybridized carbons (Fsp3) is 0.185. The van der Waals surface area contributed by atoms with Crippen LogP contribution < -0.4 is 0 Å². The highest BCUT2D eigenvalue weighted by molar-refractivity contribution is 8.01. The fourth-order valence-corrected chi connectivity index (χ4v) is 6.08. The third-order valence-corrected chi connectivity index (χ3v) is 7.64. The van der Waals surface area contributed by atoms with Crippen LogP contribution in [0.5, 0.6) is 0 Å². The van der Waals surface area contributed by atoms with Gasteiger partial charge in [0.1, 0.15) is 11.8 Å². The minimum Gasteiger partial charge on any atom is -0.468 e. The fourth-order valence-electron chi connectivity index (χ4n) is 4.66. The van der Waals surface area contributed by atoms with Crippen LogP contribution in [0.1, 0.15) is 22.9 Å². The Bertz CT molecular complexity index is 1280. The van der Waals surface area contributed by atoms with Gasteiger partial charge >= 0.3 is 5.97 Å². The zero-order chi connectivity index (χ0) is 22.8. The molecule has 0 spiro atoms. The highest BCUT2D eigenvalue weighted by Gasteiger charge is 2.57. The summed E-state index contributed by atoms with van der Waals surface area (Å²) in [4.78, 5) is 28.6. The van der Waals surface area contributed by atoms with E-state index in [-0.39, 0.29) is 11.7 Å². The molecule has 2 atom stereocenters. The van der Waals surface area contributed by atoms with Crippen LogP contribution in [-0.2, 0) is 25.6 Å². The molecule has 1 aliphatic rings. The second-order valence-electron chi connectivity index (χ2n) is 7.96. The van der Waals surface area contributed by atoms with E-state index in [0.717, 1.165) is 21.9 Å². The van der Waals surface area contributed by atoms with Crippen LogP contribution in [0.2, 0.25) is 0 Å². The van der Waals surface area contributed by atoms with Crippen molar-refractivity contribution in [1.29, 1.82) is 0 Å². The molecule has 0 N–H and O–H groups in total. The van der Waals surface area contributed by atoms with Crippen molar-refractivity contribution in [2.24, 2.45) is 0 Å². The molecule has 1 aromatic heterocycles. The van der Waals surface area contributed by atoms with Crippen LogP contribution in [0.3, 0.4) is 0 Å². The van der Waals surface area contributed by atoms with Crippen molar-refractivity contribution in [3.63, 3.8) is 0 Å². The molecule has 1 amide bonds. The number of esters is 1. The van der Waals surface area contributed by atoms with Gasteiger partial charge in [-0.1, -0.05) is 72.8 Å². The molecular weight excluding hydrogens is 434 g/mol. The number of hydrogen-bond donors (Lipinski definition) is 0. The van der Waals surface area contributed by atoms with Gasteiger partial charge in [0.15, 0.2) is 4.75 Å². The van der Waals surface area contributed by atoms with E-state index in [2.05, 4.69) is 18.2 Å². The first-order chi connectivity index (χ1) is 16.1. The topological polar surface area (TPSA) is 59.8 Å². The molecule has 5 rings (SSSR count). The molecule has 33 heavy (non-hydrogen) atoms. The molecule has 4 aromatic rings. The predicted octanol–water partition coefficient (Wildman–Crippen LogP) is 5.32. The summed E-state index contributed by atoms with van der Waals surface area (Å²) in [5, 5.41) is 2.18. The molecule has 1 fully saturated rings. The Kier molecular flexibility index (Phi) is 5.68. The molecule has 5 nitrogen and oxygen atoms in total. The molecule has 0 unspecified atom stereocenters. The van der Waals surface area contributed by atoms with E-state index in [0.29, 0.717) is 12.3 Å². The van der Waals surface area contributed by atoms with Crippen molar-refractivity contribution in [3.8, 4) is 0 Å². The van der Waals surface area contributed by atoms with E-state index in [1.54, 1.807) is 17.2 Å². The van der Waals surface area contributed by atoms with E-state index in [1.807, 2.05) is 60.7 Å². The number of hydrogen-bond acceptors (Lipinski definition) is 5. The molecule has 0 aliphatic carbocycles. The summed E-state index contributed by atoms with van der Waals surface area (Å²) in [6.07, 6.45) is 1.57. The number of benzene rings is 3. The van der Waals surface area contributed by atoms with E-state index in [9.17, 15) is 9.59 Å². The maximum absolute atomic E-state index is 13.5. The molecule has 2 heterocycles. The number of fused-ring (bicyclic) bond motifs is 1. The smallest absolute Gasteiger partial charge is 0.329 e. The van der Waals surface area contributed by atoms with Gasteiger partial charge < -0.3 is 14.1 Å². The molecular formula is C27H23NO4S. The second kappa shape index (κ2) is 8.79. The number of thioether (sulfide) groups is 1.